The van der Waals surface area contributed by atoms with Crippen LogP contribution in [0.4, 0.5) is 4.39 Å². The van der Waals surface area contributed by atoms with E-state index in [1.807, 2.05) is 30.5 Å². The number of hydrogen-bond acceptors (Lipinski definition) is 3. The Balaban J connectivity index is 1.78. The fourth-order valence-electron chi connectivity index (χ4n) is 3.63. The van der Waals surface area contributed by atoms with Gasteiger partial charge in [0, 0.05) is 37.4 Å². The molecule has 1 aliphatic heterocycles. The lowest BCUT2D eigenvalue weighted by molar-refractivity contribution is 0.163. The Morgan fingerprint density at radius 2 is 1.96 bits per heavy atom. The summed E-state index contributed by atoms with van der Waals surface area (Å²) in [5.74, 6) is -0.255. The average Bonchev–Trinajstić information content (AvgIpc) is 3.32. The first-order valence-corrected chi connectivity index (χ1v) is 9.50. The standard InChI is InChI=1S/C21H21FN4OS/c1-27-14-13-26-20(19(24-21(26)28)17-5-2-3-11-23-17)18-6-4-12-25(18)16-9-7-15(22)8-10-16/h2-12,19-20H,13-14H2,1H3,(H,24,28)/t19-,20-/m0/s1. The minimum atomic E-state index is -0.255. The SMILES string of the molecule is COCCN1C(=S)N[C@@H](c2ccccn2)[C@@H]1c1cccn1-c1ccc(F)cc1. The lowest BCUT2D eigenvalue weighted by Crippen LogP contribution is -2.33. The highest BCUT2D eigenvalue weighted by molar-refractivity contribution is 7.80. The molecule has 0 spiro atoms. The number of halogens is 1. The third kappa shape index (κ3) is 3.50. The first-order chi connectivity index (χ1) is 13.7. The summed E-state index contributed by atoms with van der Waals surface area (Å²) in [5, 5.41) is 4.09. The van der Waals surface area contributed by atoms with Crippen molar-refractivity contribution in [2.45, 2.75) is 12.1 Å². The van der Waals surface area contributed by atoms with Gasteiger partial charge in [0.1, 0.15) is 5.82 Å². The molecule has 0 unspecified atom stereocenters. The molecule has 2 atom stereocenters. The number of thiocarbonyl (C=S) groups is 1. The highest BCUT2D eigenvalue weighted by Gasteiger charge is 2.40. The quantitative estimate of drug-likeness (QED) is 0.645. The van der Waals surface area contributed by atoms with Crippen molar-refractivity contribution in [1.82, 2.24) is 19.8 Å². The number of pyridine rings is 1. The number of nitrogens with one attached hydrogen (secondary N) is 1. The molecule has 1 saturated heterocycles. The Hall–Kier alpha value is -2.77. The first-order valence-electron chi connectivity index (χ1n) is 9.09. The van der Waals surface area contributed by atoms with Gasteiger partial charge < -0.3 is 19.5 Å². The summed E-state index contributed by atoms with van der Waals surface area (Å²) in [7, 11) is 1.68. The largest absolute Gasteiger partial charge is 0.383 e. The van der Waals surface area contributed by atoms with Gasteiger partial charge in [-0.25, -0.2) is 4.39 Å². The van der Waals surface area contributed by atoms with Gasteiger partial charge in [-0.2, -0.15) is 0 Å². The molecule has 1 aromatic carbocycles. The van der Waals surface area contributed by atoms with Gasteiger partial charge in [0.2, 0.25) is 0 Å². The van der Waals surface area contributed by atoms with Gasteiger partial charge in [0.05, 0.1) is 24.4 Å². The summed E-state index contributed by atoms with van der Waals surface area (Å²) in [5.41, 5.74) is 2.86. The third-order valence-corrected chi connectivity index (χ3v) is 5.27. The molecule has 28 heavy (non-hydrogen) atoms. The van der Waals surface area contributed by atoms with Crippen molar-refractivity contribution in [1.29, 1.82) is 0 Å². The average molecular weight is 396 g/mol. The van der Waals surface area contributed by atoms with Gasteiger partial charge in [-0.15, -0.1) is 0 Å². The van der Waals surface area contributed by atoms with Crippen LogP contribution < -0.4 is 5.32 Å². The fourth-order valence-corrected chi connectivity index (χ4v) is 3.96. The van der Waals surface area contributed by atoms with E-state index >= 15 is 0 Å². The van der Waals surface area contributed by atoms with Crippen molar-refractivity contribution in [2.75, 3.05) is 20.3 Å². The monoisotopic (exact) mass is 396 g/mol. The molecule has 0 radical (unpaired) electrons. The molecule has 7 heteroatoms. The zero-order chi connectivity index (χ0) is 19.5. The minimum Gasteiger partial charge on any atom is -0.383 e. The maximum absolute atomic E-state index is 13.4. The lowest BCUT2D eigenvalue weighted by atomic mass is 10.0. The zero-order valence-corrected chi connectivity index (χ0v) is 16.3. The highest BCUT2D eigenvalue weighted by atomic mass is 32.1. The van der Waals surface area contributed by atoms with E-state index in [-0.39, 0.29) is 17.9 Å². The maximum Gasteiger partial charge on any atom is 0.170 e. The van der Waals surface area contributed by atoms with Gasteiger partial charge in [-0.05, 0) is 60.7 Å². The smallest absolute Gasteiger partial charge is 0.170 e. The normalized spacial score (nSPS) is 19.1. The third-order valence-electron chi connectivity index (χ3n) is 4.92. The Morgan fingerprint density at radius 1 is 1.14 bits per heavy atom. The second kappa shape index (κ2) is 8.08. The molecular weight excluding hydrogens is 375 g/mol. The molecule has 0 aliphatic carbocycles. The van der Waals surface area contributed by atoms with Crippen molar-refractivity contribution < 1.29 is 9.13 Å². The molecule has 0 bridgehead atoms. The number of aromatic nitrogens is 2. The van der Waals surface area contributed by atoms with Crippen molar-refractivity contribution in [2.24, 2.45) is 0 Å². The molecule has 5 nitrogen and oxygen atoms in total. The van der Waals surface area contributed by atoms with E-state index in [2.05, 4.69) is 25.8 Å². The topological polar surface area (TPSA) is 42.3 Å². The Kier molecular flexibility index (Phi) is 5.36. The molecule has 0 amide bonds. The van der Waals surface area contributed by atoms with Crippen LogP contribution in [0, 0.1) is 5.82 Å². The minimum absolute atomic E-state index is 0.0717. The second-order valence-corrected chi connectivity index (χ2v) is 6.98. The molecule has 3 heterocycles. The molecule has 1 N–H and O–H groups in total. The van der Waals surface area contributed by atoms with Crippen LogP contribution >= 0.6 is 12.2 Å². The number of methoxy groups -OCH3 is 1. The van der Waals surface area contributed by atoms with Gasteiger partial charge >= 0.3 is 0 Å². The summed E-state index contributed by atoms with van der Waals surface area (Å²) in [4.78, 5) is 6.68. The molecule has 1 aliphatic rings. The van der Waals surface area contributed by atoms with E-state index in [0.717, 1.165) is 17.1 Å². The van der Waals surface area contributed by atoms with E-state index in [4.69, 9.17) is 17.0 Å². The van der Waals surface area contributed by atoms with Crippen LogP contribution in [0.5, 0.6) is 0 Å². The summed E-state index contributed by atoms with van der Waals surface area (Å²) in [6.07, 6.45) is 3.77. The van der Waals surface area contributed by atoms with Crippen LogP contribution in [-0.2, 0) is 4.74 Å². The molecule has 4 rings (SSSR count). The summed E-state index contributed by atoms with van der Waals surface area (Å²) < 4.78 is 20.8. The molecular formula is C21H21FN4OS. The van der Waals surface area contributed by atoms with Crippen LogP contribution in [0.15, 0.2) is 67.0 Å². The van der Waals surface area contributed by atoms with Crippen LogP contribution in [0.3, 0.4) is 0 Å². The molecule has 1 fully saturated rings. The summed E-state index contributed by atoms with van der Waals surface area (Å²) >= 11 is 5.63. The fraction of sp³-hybridized carbons (Fsp3) is 0.238. The highest BCUT2D eigenvalue weighted by Crippen LogP contribution is 2.39. The summed E-state index contributed by atoms with van der Waals surface area (Å²) in [6, 6.07) is 16.2. The van der Waals surface area contributed by atoms with Crippen molar-refractivity contribution >= 4 is 17.3 Å². The predicted octanol–water partition coefficient (Wildman–Crippen LogP) is 3.63. The number of benzene rings is 1. The van der Waals surface area contributed by atoms with Gasteiger partial charge in [0.15, 0.2) is 5.11 Å². The molecule has 2 aromatic heterocycles. The van der Waals surface area contributed by atoms with E-state index in [9.17, 15) is 4.39 Å². The van der Waals surface area contributed by atoms with Crippen LogP contribution in [0.25, 0.3) is 5.69 Å². The van der Waals surface area contributed by atoms with Gasteiger partial charge in [0.25, 0.3) is 0 Å². The maximum atomic E-state index is 13.4. The van der Waals surface area contributed by atoms with Gasteiger partial charge in [-0.3, -0.25) is 4.98 Å². The second-order valence-electron chi connectivity index (χ2n) is 6.59. The van der Waals surface area contributed by atoms with E-state index in [1.165, 1.54) is 12.1 Å². The number of nitrogens with zero attached hydrogens (tertiary/aromatic N) is 3. The zero-order valence-electron chi connectivity index (χ0n) is 15.5. The number of hydrogen-bond donors (Lipinski definition) is 1. The number of rotatable bonds is 6. The number of ether oxygens (including phenoxy) is 1. The molecule has 3 aromatic rings. The van der Waals surface area contributed by atoms with Crippen molar-refractivity contribution in [3.8, 4) is 5.69 Å². The molecule has 0 saturated carbocycles. The summed E-state index contributed by atoms with van der Waals surface area (Å²) in [6.45, 7) is 1.22. The van der Waals surface area contributed by atoms with Crippen LogP contribution in [0.1, 0.15) is 23.5 Å². The van der Waals surface area contributed by atoms with Crippen molar-refractivity contribution in [3.63, 3.8) is 0 Å². The molecule has 144 valence electrons. The van der Waals surface area contributed by atoms with Crippen molar-refractivity contribution in [3.05, 3.63) is 84.2 Å². The Labute approximate surface area is 168 Å². The van der Waals surface area contributed by atoms with Crippen LogP contribution in [-0.4, -0.2) is 39.8 Å². The van der Waals surface area contributed by atoms with Crippen LogP contribution in [0.2, 0.25) is 0 Å². The first kappa shape index (κ1) is 18.6. The van der Waals surface area contributed by atoms with E-state index in [0.29, 0.717) is 18.3 Å². The van der Waals surface area contributed by atoms with E-state index < -0.39 is 0 Å². The lowest BCUT2D eigenvalue weighted by Gasteiger charge is -2.28. The van der Waals surface area contributed by atoms with E-state index in [1.54, 1.807) is 25.4 Å². The Bertz CT molecular complexity index is 945. The predicted molar refractivity (Wildman–Crippen MR) is 110 cm³/mol. The van der Waals surface area contributed by atoms with Gasteiger partial charge in [-0.1, -0.05) is 6.07 Å². The Morgan fingerprint density at radius 3 is 2.68 bits per heavy atom.